The second-order valence-corrected chi connectivity index (χ2v) is 19.9. The van der Waals surface area contributed by atoms with Crippen molar-refractivity contribution < 1.29 is 0 Å². The van der Waals surface area contributed by atoms with Crippen LogP contribution in [0.5, 0.6) is 0 Å². The maximum absolute atomic E-state index is 2.48. The van der Waals surface area contributed by atoms with Gasteiger partial charge in [0.15, 0.2) is 0 Å². The molecule has 4 atom stereocenters. The minimum absolute atomic E-state index is 0.515. The van der Waals surface area contributed by atoms with Crippen LogP contribution in [0.25, 0.3) is 0 Å². The van der Waals surface area contributed by atoms with Gasteiger partial charge >= 0.3 is 0 Å². The summed E-state index contributed by atoms with van der Waals surface area (Å²) in [6, 6.07) is 0. The molecule has 2 rings (SSSR count). The summed E-state index contributed by atoms with van der Waals surface area (Å²) in [6.07, 6.45) is 9.59. The van der Waals surface area contributed by atoms with E-state index in [1.165, 1.54) is 0 Å². The molecular weight excluding hydrogens is 390 g/mol. The predicted molar refractivity (Wildman–Crippen MR) is 141 cm³/mol. The smallest absolute Gasteiger partial charge is 0.0936 e. The Morgan fingerprint density at radius 3 is 1.67 bits per heavy atom. The first-order chi connectivity index (χ1) is 14.1. The van der Waals surface area contributed by atoms with Gasteiger partial charge in [-0.05, 0) is 42.9 Å². The number of hydrogen-bond acceptors (Lipinski definition) is 0. The highest BCUT2D eigenvalue weighted by molar-refractivity contribution is 6.59. The van der Waals surface area contributed by atoms with Gasteiger partial charge in [-0.3, -0.25) is 0 Å². The monoisotopic (exact) mass is 446 g/mol. The van der Waals surface area contributed by atoms with Crippen molar-refractivity contribution in [1.82, 2.24) is 0 Å². The fourth-order valence-electron chi connectivity index (χ4n) is 7.68. The molecule has 2 aliphatic rings. The molecule has 174 valence electrons. The average Bonchev–Trinajstić information content (AvgIpc) is 3.00. The fourth-order valence-corrected chi connectivity index (χ4v) is 16.6. The van der Waals surface area contributed by atoms with Crippen LogP contribution in [0.4, 0.5) is 0 Å². The molecule has 4 unspecified atom stereocenters. The number of rotatable bonds is 13. The van der Waals surface area contributed by atoms with E-state index in [0.717, 1.165) is 47.3 Å². The molecular formula is C28H56Al2. The molecule has 0 saturated heterocycles. The molecule has 2 aliphatic carbocycles. The first-order valence-corrected chi connectivity index (χ1v) is 19.0. The molecule has 0 radical (unpaired) electrons. The Hall–Kier alpha value is 1.06. The number of fused-ring (bicyclic) bond motifs is 1. The normalized spacial score (nSPS) is 26.8. The van der Waals surface area contributed by atoms with Gasteiger partial charge in [0.1, 0.15) is 0 Å². The highest BCUT2D eigenvalue weighted by Gasteiger charge is 2.41. The summed E-state index contributed by atoms with van der Waals surface area (Å²) < 4.78 is 0. The Balaban J connectivity index is 1.89. The Labute approximate surface area is 200 Å². The van der Waals surface area contributed by atoms with Gasteiger partial charge in [-0.2, -0.15) is 0 Å². The molecule has 0 aromatic rings. The molecule has 2 heteroatoms. The van der Waals surface area contributed by atoms with Crippen molar-refractivity contribution in [2.75, 3.05) is 0 Å². The van der Waals surface area contributed by atoms with Crippen LogP contribution in [0.1, 0.15) is 93.9 Å². The first kappa shape index (κ1) is 27.3. The van der Waals surface area contributed by atoms with Crippen molar-refractivity contribution >= 4 is 28.3 Å². The van der Waals surface area contributed by atoms with Crippen LogP contribution in [0, 0.1) is 47.3 Å². The van der Waals surface area contributed by atoms with E-state index < -0.39 is 28.3 Å². The van der Waals surface area contributed by atoms with Gasteiger partial charge in [-0.1, -0.05) is 130 Å². The van der Waals surface area contributed by atoms with E-state index in [1.807, 2.05) is 0 Å². The Bertz CT molecular complexity index is 436. The van der Waals surface area contributed by atoms with Crippen LogP contribution in [0.3, 0.4) is 0 Å². The van der Waals surface area contributed by atoms with E-state index in [4.69, 9.17) is 0 Å². The van der Waals surface area contributed by atoms with Crippen LogP contribution in [-0.4, -0.2) is 28.3 Å². The zero-order valence-electron chi connectivity index (χ0n) is 22.3. The highest BCUT2D eigenvalue weighted by atomic mass is 27.2. The van der Waals surface area contributed by atoms with Crippen molar-refractivity contribution in [3.8, 4) is 0 Å². The molecule has 0 spiro atoms. The van der Waals surface area contributed by atoms with E-state index in [2.05, 4.69) is 55.4 Å². The minimum atomic E-state index is -0.548. The Morgan fingerprint density at radius 1 is 0.633 bits per heavy atom. The van der Waals surface area contributed by atoms with Crippen molar-refractivity contribution in [2.24, 2.45) is 47.3 Å². The summed E-state index contributed by atoms with van der Waals surface area (Å²) >= 11 is -1.06. The van der Waals surface area contributed by atoms with Crippen LogP contribution in [0.15, 0.2) is 0 Å². The largest absolute Gasteiger partial charge is 0.262 e. The second-order valence-electron chi connectivity index (χ2n) is 13.5. The summed E-state index contributed by atoms with van der Waals surface area (Å²) in [5.41, 5.74) is 0. The van der Waals surface area contributed by atoms with Crippen LogP contribution in [0.2, 0.25) is 31.7 Å². The second kappa shape index (κ2) is 13.7. The van der Waals surface area contributed by atoms with Crippen molar-refractivity contribution in [1.29, 1.82) is 0 Å². The van der Waals surface area contributed by atoms with Crippen LogP contribution >= 0.6 is 0 Å². The van der Waals surface area contributed by atoms with E-state index in [1.54, 1.807) is 70.2 Å². The quantitative estimate of drug-likeness (QED) is 0.247. The van der Waals surface area contributed by atoms with Gasteiger partial charge < -0.3 is 0 Å². The van der Waals surface area contributed by atoms with Gasteiger partial charge in [-0.15, -0.1) is 0 Å². The number of hydrogen-bond donors (Lipinski definition) is 0. The summed E-state index contributed by atoms with van der Waals surface area (Å²) in [7, 11) is 0. The van der Waals surface area contributed by atoms with E-state index in [-0.39, 0.29) is 0 Å². The third-order valence-electron chi connectivity index (χ3n) is 8.51. The molecule has 30 heavy (non-hydrogen) atoms. The Morgan fingerprint density at radius 2 is 1.13 bits per heavy atom. The molecule has 0 nitrogen and oxygen atoms in total. The summed E-state index contributed by atoms with van der Waals surface area (Å²) in [4.78, 5) is 0. The van der Waals surface area contributed by atoms with Gasteiger partial charge in [0.05, 0.1) is 0 Å². The van der Waals surface area contributed by atoms with Crippen molar-refractivity contribution in [2.45, 2.75) is 126 Å². The average molecular weight is 447 g/mol. The fraction of sp³-hybridized carbons (Fsp3) is 1.00. The third kappa shape index (κ3) is 9.91. The SMILES string of the molecule is CC(C)[CH2][Al]([CH2]CC1CCC2CCC([CH2][Al]([CH2]C(C)C)[CH2]C(C)C)C2C1)[CH2]C(C)C. The molecule has 2 saturated carbocycles. The van der Waals surface area contributed by atoms with Crippen LogP contribution in [-0.2, 0) is 0 Å². The maximum atomic E-state index is 2.48. The molecule has 0 heterocycles. The summed E-state index contributed by atoms with van der Waals surface area (Å²) in [5, 5.41) is 9.75. The molecule has 0 bridgehead atoms. The third-order valence-corrected chi connectivity index (χ3v) is 17.4. The van der Waals surface area contributed by atoms with Crippen molar-refractivity contribution in [3.05, 3.63) is 0 Å². The minimum Gasteiger partial charge on any atom is -0.0936 e. The lowest BCUT2D eigenvalue weighted by Crippen LogP contribution is -2.29. The zero-order chi connectivity index (χ0) is 22.3. The zero-order valence-corrected chi connectivity index (χ0v) is 24.6. The van der Waals surface area contributed by atoms with Crippen molar-refractivity contribution in [3.63, 3.8) is 0 Å². The lowest BCUT2D eigenvalue weighted by atomic mass is 9.72. The van der Waals surface area contributed by atoms with Gasteiger partial charge in [-0.25, -0.2) is 0 Å². The lowest BCUT2D eigenvalue weighted by molar-refractivity contribution is 0.175. The first-order valence-electron chi connectivity index (χ1n) is 14.1. The predicted octanol–water partition coefficient (Wildman–Crippen LogP) is 9.43. The van der Waals surface area contributed by atoms with Gasteiger partial charge in [0.2, 0.25) is 0 Å². The maximum Gasteiger partial charge on any atom is 0.262 e. The van der Waals surface area contributed by atoms with E-state index in [0.29, 0.717) is 0 Å². The lowest BCUT2D eigenvalue weighted by Gasteiger charge is -2.36. The molecule has 0 aromatic carbocycles. The molecule has 0 amide bonds. The Kier molecular flexibility index (Phi) is 12.5. The van der Waals surface area contributed by atoms with E-state index in [9.17, 15) is 0 Å². The van der Waals surface area contributed by atoms with E-state index >= 15 is 0 Å². The summed E-state index contributed by atoms with van der Waals surface area (Å²) in [5.74, 6) is 8.20. The highest BCUT2D eigenvalue weighted by Crippen LogP contribution is 2.51. The van der Waals surface area contributed by atoms with Gasteiger partial charge in [0.25, 0.3) is 28.3 Å². The van der Waals surface area contributed by atoms with Gasteiger partial charge in [0, 0.05) is 0 Å². The molecule has 0 aromatic heterocycles. The molecule has 0 N–H and O–H groups in total. The topological polar surface area (TPSA) is 0 Å². The molecule has 0 aliphatic heterocycles. The molecule has 2 fully saturated rings. The summed E-state index contributed by atoms with van der Waals surface area (Å²) in [6.45, 7) is 19.7. The van der Waals surface area contributed by atoms with Crippen LogP contribution < -0.4 is 0 Å². The standard InChI is InChI=1S/C12H20.4C4H9.2Al/c1-3-10-5-7-11-6-4-9(2)12(11)8-10;4*1-4(2)3;;/h9-12H,1-8H2;4*4H,1H2,2-3H3;;.